The molecule has 0 bridgehead atoms. The van der Waals surface area contributed by atoms with Gasteiger partial charge in [0.15, 0.2) is 0 Å². The van der Waals surface area contributed by atoms with Gasteiger partial charge in [0.05, 0.1) is 26.0 Å². The third kappa shape index (κ3) is 2.47. The third-order valence-electron chi connectivity index (χ3n) is 2.54. The van der Waals surface area contributed by atoms with E-state index in [1.165, 1.54) is 25.1 Å². The summed E-state index contributed by atoms with van der Waals surface area (Å²) in [5.41, 5.74) is 0.183. The zero-order chi connectivity index (χ0) is 14.2. The van der Waals surface area contributed by atoms with Crippen molar-refractivity contribution < 1.29 is 9.72 Å². The van der Waals surface area contributed by atoms with Gasteiger partial charge >= 0.3 is 0 Å². The van der Waals surface area contributed by atoms with Gasteiger partial charge in [-0.15, -0.1) is 0 Å². The monoisotopic (exact) mass is 298 g/mol. The Hall–Kier alpha value is -1.85. The lowest BCUT2D eigenvalue weighted by Gasteiger charge is -2.11. The van der Waals surface area contributed by atoms with E-state index < -0.39 is 4.92 Å². The summed E-state index contributed by atoms with van der Waals surface area (Å²) in [6, 6.07) is 5.85. The van der Waals surface area contributed by atoms with Crippen molar-refractivity contribution in [1.29, 1.82) is 0 Å². The molecule has 98 valence electrons. The van der Waals surface area contributed by atoms with Crippen LogP contribution in [0.25, 0.3) is 10.8 Å². The van der Waals surface area contributed by atoms with Gasteiger partial charge in [-0.1, -0.05) is 35.3 Å². The fourth-order valence-corrected chi connectivity index (χ4v) is 2.46. The topological polar surface area (TPSA) is 72.2 Å². The van der Waals surface area contributed by atoms with Gasteiger partial charge in [-0.2, -0.15) is 0 Å². The summed E-state index contributed by atoms with van der Waals surface area (Å²) in [7, 11) is 0. The van der Waals surface area contributed by atoms with Crippen LogP contribution in [0, 0.1) is 10.1 Å². The van der Waals surface area contributed by atoms with Crippen molar-refractivity contribution in [2.45, 2.75) is 6.92 Å². The van der Waals surface area contributed by atoms with E-state index >= 15 is 0 Å². The molecule has 0 radical (unpaired) electrons. The molecule has 2 aromatic carbocycles. The number of nitrogens with one attached hydrogen (secondary N) is 1. The summed E-state index contributed by atoms with van der Waals surface area (Å²) < 4.78 is 0. The number of carbonyl (C=O) groups excluding carboxylic acids is 1. The Labute approximate surface area is 118 Å². The van der Waals surface area contributed by atoms with Gasteiger partial charge < -0.3 is 5.32 Å². The molecule has 5 nitrogen and oxygen atoms in total. The summed E-state index contributed by atoms with van der Waals surface area (Å²) in [5.74, 6) is -0.322. The Morgan fingerprint density at radius 2 is 2.00 bits per heavy atom. The summed E-state index contributed by atoms with van der Waals surface area (Å²) >= 11 is 12.0. The number of nitro groups is 1. The van der Waals surface area contributed by atoms with E-state index in [4.69, 9.17) is 23.2 Å². The first-order chi connectivity index (χ1) is 8.91. The van der Waals surface area contributed by atoms with Crippen LogP contribution in [0.1, 0.15) is 6.92 Å². The highest BCUT2D eigenvalue weighted by Crippen LogP contribution is 2.40. The molecule has 0 aliphatic rings. The van der Waals surface area contributed by atoms with Gasteiger partial charge in [0.2, 0.25) is 5.91 Å². The van der Waals surface area contributed by atoms with E-state index in [0.29, 0.717) is 11.1 Å². The molecule has 2 rings (SSSR count). The van der Waals surface area contributed by atoms with Crippen molar-refractivity contribution in [3.05, 3.63) is 44.4 Å². The van der Waals surface area contributed by atoms with Crippen molar-refractivity contribution in [3.8, 4) is 0 Å². The number of halogens is 2. The molecule has 2 aromatic rings. The summed E-state index contributed by atoms with van der Waals surface area (Å²) in [4.78, 5) is 21.7. The molecule has 19 heavy (non-hydrogen) atoms. The normalized spacial score (nSPS) is 10.5. The molecule has 0 aliphatic carbocycles. The fraction of sp³-hybridized carbons (Fsp3) is 0.0833. The Morgan fingerprint density at radius 1 is 1.32 bits per heavy atom. The van der Waals surface area contributed by atoms with Crippen LogP contribution in [0.4, 0.5) is 11.4 Å². The van der Waals surface area contributed by atoms with Crippen LogP contribution in [0.5, 0.6) is 0 Å². The lowest BCUT2D eigenvalue weighted by atomic mass is 10.1. The van der Waals surface area contributed by atoms with E-state index in [2.05, 4.69) is 5.32 Å². The third-order valence-corrected chi connectivity index (χ3v) is 3.14. The molecule has 1 amide bonds. The van der Waals surface area contributed by atoms with Gasteiger partial charge in [0.25, 0.3) is 5.69 Å². The van der Waals surface area contributed by atoms with Gasteiger partial charge in [-0.25, -0.2) is 0 Å². The van der Waals surface area contributed by atoms with E-state index in [1.54, 1.807) is 6.07 Å². The van der Waals surface area contributed by atoms with Crippen LogP contribution in [-0.4, -0.2) is 10.8 Å². The average molecular weight is 299 g/mol. The Morgan fingerprint density at radius 3 is 2.58 bits per heavy atom. The molecule has 0 atom stereocenters. The summed E-state index contributed by atoms with van der Waals surface area (Å²) in [5, 5.41) is 14.7. The number of hydrogen-bond donors (Lipinski definition) is 1. The maximum absolute atomic E-state index is 11.2. The number of amides is 1. The quantitative estimate of drug-likeness (QED) is 0.672. The highest BCUT2D eigenvalue weighted by atomic mass is 35.5. The summed E-state index contributed by atoms with van der Waals surface area (Å²) in [6.07, 6.45) is 0. The first-order valence-electron chi connectivity index (χ1n) is 5.24. The maximum atomic E-state index is 11.2. The highest BCUT2D eigenvalue weighted by molar-refractivity contribution is 6.42. The predicted molar refractivity (Wildman–Crippen MR) is 74.9 cm³/mol. The van der Waals surface area contributed by atoms with Crippen LogP contribution in [0.3, 0.4) is 0 Å². The molecule has 7 heteroatoms. The molecule has 0 fully saturated rings. The predicted octanol–water partition coefficient (Wildman–Crippen LogP) is 4.01. The van der Waals surface area contributed by atoms with Gasteiger partial charge in [-0.3, -0.25) is 14.9 Å². The summed E-state index contributed by atoms with van der Waals surface area (Å²) in [6.45, 7) is 1.33. The second-order valence-corrected chi connectivity index (χ2v) is 4.67. The molecule has 1 N–H and O–H groups in total. The van der Waals surface area contributed by atoms with E-state index in [0.717, 1.165) is 0 Å². The van der Waals surface area contributed by atoms with E-state index in [-0.39, 0.29) is 27.0 Å². The minimum atomic E-state index is -0.528. The van der Waals surface area contributed by atoms with Crippen LogP contribution in [0.2, 0.25) is 10.0 Å². The SMILES string of the molecule is CC(=O)Nc1c(Cl)cc(Cl)c2c([N+](=O)[O-])cccc12. The van der Waals surface area contributed by atoms with Crippen molar-refractivity contribution in [2.24, 2.45) is 0 Å². The minimum Gasteiger partial charge on any atom is -0.324 e. The minimum absolute atomic E-state index is 0.134. The van der Waals surface area contributed by atoms with Crippen molar-refractivity contribution in [1.82, 2.24) is 0 Å². The first-order valence-corrected chi connectivity index (χ1v) is 6.00. The van der Waals surface area contributed by atoms with Crippen LogP contribution < -0.4 is 5.32 Å². The second-order valence-electron chi connectivity index (χ2n) is 3.85. The highest BCUT2D eigenvalue weighted by Gasteiger charge is 2.19. The van der Waals surface area contributed by atoms with Gasteiger partial charge in [-0.05, 0) is 6.07 Å². The Kier molecular flexibility index (Phi) is 3.59. The number of fused-ring (bicyclic) bond motifs is 1. The van der Waals surface area contributed by atoms with Crippen molar-refractivity contribution in [3.63, 3.8) is 0 Å². The smallest absolute Gasteiger partial charge is 0.278 e. The van der Waals surface area contributed by atoms with E-state index in [1.807, 2.05) is 0 Å². The maximum Gasteiger partial charge on any atom is 0.278 e. The zero-order valence-corrected chi connectivity index (χ0v) is 11.2. The molecule has 0 unspecified atom stereocenters. The molecule has 0 heterocycles. The number of nitrogens with zero attached hydrogens (tertiary/aromatic N) is 1. The number of anilines is 1. The van der Waals surface area contributed by atoms with Crippen molar-refractivity contribution in [2.75, 3.05) is 5.32 Å². The average Bonchev–Trinajstić information content (AvgIpc) is 2.33. The molecule has 0 saturated carbocycles. The van der Waals surface area contributed by atoms with Gasteiger partial charge in [0.1, 0.15) is 0 Å². The fourth-order valence-electron chi connectivity index (χ4n) is 1.84. The lowest BCUT2D eigenvalue weighted by molar-refractivity contribution is -0.383. The first kappa shape index (κ1) is 13.6. The van der Waals surface area contributed by atoms with Crippen molar-refractivity contribution >= 4 is 51.3 Å². The molecular weight excluding hydrogens is 291 g/mol. The number of non-ortho nitro benzene ring substituents is 1. The Balaban J connectivity index is 2.87. The van der Waals surface area contributed by atoms with Crippen LogP contribution >= 0.6 is 23.2 Å². The largest absolute Gasteiger partial charge is 0.324 e. The van der Waals surface area contributed by atoms with Crippen LogP contribution in [-0.2, 0) is 4.79 Å². The molecule has 0 aliphatic heterocycles. The zero-order valence-electron chi connectivity index (χ0n) is 9.74. The number of carbonyl (C=O) groups is 1. The second kappa shape index (κ2) is 5.03. The number of rotatable bonds is 2. The molecule has 0 spiro atoms. The van der Waals surface area contributed by atoms with E-state index in [9.17, 15) is 14.9 Å². The number of hydrogen-bond acceptors (Lipinski definition) is 3. The standard InChI is InChI=1S/C12H8Cl2N2O3/c1-6(17)15-12-7-3-2-4-10(16(18)19)11(7)8(13)5-9(12)14/h2-5H,1H3,(H,15,17). The van der Waals surface area contributed by atoms with Crippen LogP contribution in [0.15, 0.2) is 24.3 Å². The number of nitro benzene ring substituents is 1. The molecular formula is C12H8Cl2N2O3. The van der Waals surface area contributed by atoms with Gasteiger partial charge in [0, 0.05) is 18.4 Å². The number of benzene rings is 2. The molecule has 0 aromatic heterocycles. The molecule has 0 saturated heterocycles. The lowest BCUT2D eigenvalue weighted by Crippen LogP contribution is -2.07. The Bertz CT molecular complexity index is 701.